The third-order valence-corrected chi connectivity index (χ3v) is 8.51. The molecule has 1 amide bonds. The van der Waals surface area contributed by atoms with Crippen molar-refractivity contribution in [2.75, 3.05) is 12.8 Å². The van der Waals surface area contributed by atoms with Crippen molar-refractivity contribution in [3.8, 4) is 0 Å². The number of carbonyl (C=O) groups excluding carboxylic acids is 1. The summed E-state index contributed by atoms with van der Waals surface area (Å²) in [5.74, 6) is 0.101. The highest BCUT2D eigenvalue weighted by Crippen LogP contribution is 2.57. The van der Waals surface area contributed by atoms with Gasteiger partial charge in [-0.15, -0.1) is 11.3 Å². The van der Waals surface area contributed by atoms with Crippen LogP contribution in [-0.4, -0.2) is 34.0 Å². The first-order valence-electron chi connectivity index (χ1n) is 10.9. The molecule has 5 nitrogen and oxygen atoms in total. The molecule has 4 rings (SSSR count). The minimum atomic E-state index is -0.515. The van der Waals surface area contributed by atoms with E-state index in [1.807, 2.05) is 44.3 Å². The molecule has 1 aromatic heterocycles. The van der Waals surface area contributed by atoms with Gasteiger partial charge in [-0.05, 0) is 42.1 Å². The van der Waals surface area contributed by atoms with Crippen molar-refractivity contribution in [2.24, 2.45) is 23.2 Å². The number of hydrogen-bond acceptors (Lipinski definition) is 5. The first kappa shape index (κ1) is 21.3. The molecule has 162 valence electrons. The predicted molar refractivity (Wildman–Crippen MR) is 121 cm³/mol. The molecule has 1 fully saturated rings. The summed E-state index contributed by atoms with van der Waals surface area (Å²) in [6.45, 7) is 7.03. The highest BCUT2D eigenvalue weighted by molar-refractivity contribution is 7.15. The van der Waals surface area contributed by atoms with Crippen molar-refractivity contribution in [3.05, 3.63) is 46.5 Å². The Morgan fingerprint density at radius 2 is 2.10 bits per heavy atom. The van der Waals surface area contributed by atoms with E-state index >= 15 is 0 Å². The lowest BCUT2D eigenvalue weighted by Crippen LogP contribution is -2.53. The second kappa shape index (κ2) is 7.97. The Morgan fingerprint density at radius 3 is 2.80 bits per heavy atom. The van der Waals surface area contributed by atoms with E-state index in [-0.39, 0.29) is 35.0 Å². The number of aromatic nitrogens is 1. The van der Waals surface area contributed by atoms with Gasteiger partial charge in [0.2, 0.25) is 5.91 Å². The van der Waals surface area contributed by atoms with Crippen molar-refractivity contribution in [1.82, 2.24) is 9.88 Å². The first-order valence-corrected chi connectivity index (χ1v) is 11.7. The first-order chi connectivity index (χ1) is 14.2. The zero-order chi connectivity index (χ0) is 21.6. The van der Waals surface area contributed by atoms with Gasteiger partial charge in [0, 0.05) is 30.3 Å². The van der Waals surface area contributed by atoms with Crippen LogP contribution in [0.5, 0.6) is 0 Å². The minimum absolute atomic E-state index is 0.0278. The van der Waals surface area contributed by atoms with Crippen LogP contribution in [0.4, 0.5) is 5.13 Å². The lowest BCUT2D eigenvalue weighted by molar-refractivity contribution is -0.144. The molecule has 2 aliphatic rings. The maximum absolute atomic E-state index is 13.2. The topological polar surface area (TPSA) is 79.5 Å². The Kier molecular flexibility index (Phi) is 5.66. The fourth-order valence-electron chi connectivity index (χ4n) is 6.03. The van der Waals surface area contributed by atoms with Gasteiger partial charge >= 0.3 is 0 Å². The van der Waals surface area contributed by atoms with Gasteiger partial charge in [-0.1, -0.05) is 51.1 Å². The molecule has 1 saturated carbocycles. The third kappa shape index (κ3) is 3.65. The van der Waals surface area contributed by atoms with Gasteiger partial charge in [0.15, 0.2) is 5.13 Å². The van der Waals surface area contributed by atoms with Gasteiger partial charge in [-0.25, -0.2) is 4.98 Å². The number of thiazole rings is 1. The molecule has 0 unspecified atom stereocenters. The van der Waals surface area contributed by atoms with Crippen LogP contribution in [0.1, 0.15) is 55.7 Å². The van der Waals surface area contributed by atoms with E-state index in [0.29, 0.717) is 11.7 Å². The van der Waals surface area contributed by atoms with E-state index in [1.165, 1.54) is 4.88 Å². The molecule has 30 heavy (non-hydrogen) atoms. The number of hydrogen-bond donors (Lipinski definition) is 2. The van der Waals surface area contributed by atoms with E-state index in [4.69, 9.17) is 5.73 Å². The van der Waals surface area contributed by atoms with Gasteiger partial charge < -0.3 is 15.7 Å². The minimum Gasteiger partial charge on any atom is -0.392 e. The Hall–Kier alpha value is -1.92. The number of rotatable bonds is 4. The summed E-state index contributed by atoms with van der Waals surface area (Å²) in [5, 5.41) is 12.1. The largest absolute Gasteiger partial charge is 0.392 e. The number of carbonyl (C=O) groups is 1. The number of benzene rings is 1. The molecular weight excluding hydrogens is 394 g/mol. The zero-order valence-corrected chi connectivity index (χ0v) is 19.2. The number of anilines is 1. The van der Waals surface area contributed by atoms with E-state index in [1.54, 1.807) is 16.2 Å². The number of aliphatic hydroxyl groups excluding tert-OH is 1. The summed E-state index contributed by atoms with van der Waals surface area (Å²) in [4.78, 5) is 20.9. The fraction of sp³-hybridized carbons (Fsp3) is 0.583. The summed E-state index contributed by atoms with van der Waals surface area (Å²) >= 11 is 1.59. The Labute approximate surface area is 183 Å². The monoisotopic (exact) mass is 427 g/mol. The molecular formula is C24H33N3O2S. The second-order valence-electron chi connectivity index (χ2n) is 9.67. The number of nitrogens with zero attached hydrogens (tertiary/aromatic N) is 2. The molecule has 0 aliphatic heterocycles. The van der Waals surface area contributed by atoms with Crippen LogP contribution in [0.2, 0.25) is 0 Å². The SMILES string of the molecule is C[C@H](C(=O)N(C)Cc1ccccc1)[C@@H]1CC[C@@]2(C)Cc3sc(N)nc3[C@@H](C)[C@@H]2[C@H]1O. The molecule has 3 N–H and O–H groups in total. The summed E-state index contributed by atoms with van der Waals surface area (Å²) in [6.07, 6.45) is 2.29. The lowest BCUT2D eigenvalue weighted by Gasteiger charge is -2.53. The molecule has 0 radical (unpaired) electrons. The molecule has 1 aromatic carbocycles. The van der Waals surface area contributed by atoms with Crippen LogP contribution in [0.25, 0.3) is 0 Å². The number of nitrogen functional groups attached to an aromatic ring is 1. The normalized spacial score (nSPS) is 31.5. The van der Waals surface area contributed by atoms with E-state index in [0.717, 1.165) is 30.5 Å². The van der Waals surface area contributed by atoms with Crippen LogP contribution >= 0.6 is 11.3 Å². The highest BCUT2D eigenvalue weighted by atomic mass is 32.1. The molecule has 1 heterocycles. The molecule has 2 aromatic rings. The van der Waals surface area contributed by atoms with E-state index < -0.39 is 6.10 Å². The smallest absolute Gasteiger partial charge is 0.225 e. The molecule has 6 heteroatoms. The third-order valence-electron chi connectivity index (χ3n) is 7.61. The Balaban J connectivity index is 1.51. The van der Waals surface area contributed by atoms with Crippen molar-refractivity contribution >= 4 is 22.4 Å². The van der Waals surface area contributed by atoms with Crippen LogP contribution in [0.15, 0.2) is 30.3 Å². The molecule has 2 aliphatic carbocycles. The number of aliphatic hydroxyl groups is 1. The Morgan fingerprint density at radius 1 is 1.40 bits per heavy atom. The van der Waals surface area contributed by atoms with Crippen molar-refractivity contribution < 1.29 is 9.90 Å². The average molecular weight is 428 g/mol. The molecule has 0 saturated heterocycles. The molecule has 0 bridgehead atoms. The van der Waals surface area contributed by atoms with E-state index in [9.17, 15) is 9.90 Å². The van der Waals surface area contributed by atoms with Gasteiger partial charge in [-0.2, -0.15) is 0 Å². The van der Waals surface area contributed by atoms with Crippen LogP contribution in [0.3, 0.4) is 0 Å². The Bertz CT molecular complexity index is 914. The summed E-state index contributed by atoms with van der Waals surface area (Å²) in [5.41, 5.74) is 8.20. The van der Waals surface area contributed by atoms with Gasteiger partial charge in [0.1, 0.15) is 0 Å². The number of fused-ring (bicyclic) bond motifs is 2. The average Bonchev–Trinajstić information content (AvgIpc) is 3.07. The maximum atomic E-state index is 13.2. The number of amides is 1. The van der Waals surface area contributed by atoms with Gasteiger partial charge in [0.05, 0.1) is 11.8 Å². The standard InChI is InChI=1S/C24H33N3O2S/c1-14(22(29)27(4)13-16-8-6-5-7-9-16)17-10-11-24(3)12-18-20(26-23(25)30-18)15(2)19(24)21(17)28/h5-9,14-15,17,19,21,28H,10-13H2,1-4H3,(H2,25,26)/t14-,15-,17-,19+,21-,24-/m0/s1. The van der Waals surface area contributed by atoms with Crippen LogP contribution in [0, 0.1) is 23.2 Å². The summed E-state index contributed by atoms with van der Waals surface area (Å²) in [7, 11) is 1.86. The van der Waals surface area contributed by atoms with Crippen molar-refractivity contribution in [2.45, 2.75) is 58.6 Å². The molecule has 0 spiro atoms. The van der Waals surface area contributed by atoms with Crippen molar-refractivity contribution in [1.29, 1.82) is 0 Å². The number of nitrogens with two attached hydrogens (primary N) is 1. The second-order valence-corrected chi connectivity index (χ2v) is 10.8. The highest BCUT2D eigenvalue weighted by Gasteiger charge is 2.54. The summed E-state index contributed by atoms with van der Waals surface area (Å²) < 4.78 is 0. The van der Waals surface area contributed by atoms with Crippen molar-refractivity contribution in [3.63, 3.8) is 0 Å². The summed E-state index contributed by atoms with van der Waals surface area (Å²) in [6, 6.07) is 10.0. The lowest BCUT2D eigenvalue weighted by atomic mass is 9.53. The van der Waals surface area contributed by atoms with Crippen LogP contribution < -0.4 is 5.73 Å². The predicted octanol–water partition coefficient (Wildman–Crippen LogP) is 4.07. The molecule has 6 atom stereocenters. The van der Waals surface area contributed by atoms with Crippen LogP contribution in [-0.2, 0) is 17.8 Å². The fourth-order valence-corrected chi connectivity index (χ4v) is 7.17. The zero-order valence-electron chi connectivity index (χ0n) is 18.3. The maximum Gasteiger partial charge on any atom is 0.225 e. The quantitative estimate of drug-likeness (QED) is 0.771. The van der Waals surface area contributed by atoms with E-state index in [2.05, 4.69) is 18.8 Å². The van der Waals surface area contributed by atoms with Gasteiger partial charge in [0.25, 0.3) is 0 Å². The van der Waals surface area contributed by atoms with Gasteiger partial charge in [-0.3, -0.25) is 4.79 Å².